The Kier molecular flexibility index (Phi) is 4.66. The van der Waals surface area contributed by atoms with E-state index in [2.05, 4.69) is 10.1 Å². The van der Waals surface area contributed by atoms with Gasteiger partial charge in [0, 0.05) is 6.54 Å². The molecule has 0 aromatic rings. The Morgan fingerprint density at radius 1 is 1.54 bits per heavy atom. The van der Waals surface area contributed by atoms with Crippen LogP contribution in [0.25, 0.3) is 0 Å². The average Bonchev–Trinajstić information content (AvgIpc) is 2.01. The van der Waals surface area contributed by atoms with Gasteiger partial charge in [-0.2, -0.15) is 0 Å². The zero-order valence-electron chi connectivity index (χ0n) is 7.15. The highest BCUT2D eigenvalue weighted by Gasteiger charge is 2.29. The molecule has 0 bridgehead atoms. The molecule has 1 rings (SSSR count). The number of carbonyl (C=O) groups excluding carboxylic acids is 1. The summed E-state index contributed by atoms with van der Waals surface area (Å²) >= 11 is 0. The Bertz CT molecular complexity index is 276. The third kappa shape index (κ3) is 3.50. The van der Waals surface area contributed by atoms with E-state index in [-0.39, 0.29) is 23.9 Å². The average molecular weight is 230 g/mol. The minimum atomic E-state index is -3.05. The number of rotatable bonds is 1. The van der Waals surface area contributed by atoms with E-state index in [1.807, 2.05) is 0 Å². The highest BCUT2D eigenvalue weighted by molar-refractivity contribution is 7.91. The van der Waals surface area contributed by atoms with Crippen LogP contribution in [0.2, 0.25) is 0 Å². The maximum atomic E-state index is 11.0. The molecule has 0 amide bonds. The van der Waals surface area contributed by atoms with Crippen molar-refractivity contribution >= 4 is 28.2 Å². The van der Waals surface area contributed by atoms with Gasteiger partial charge in [-0.1, -0.05) is 0 Å². The molecule has 1 atom stereocenters. The molecule has 0 saturated carbocycles. The summed E-state index contributed by atoms with van der Waals surface area (Å²) in [5.74, 6) is -0.571. The smallest absolute Gasteiger partial charge is 0.323 e. The van der Waals surface area contributed by atoms with Gasteiger partial charge >= 0.3 is 5.97 Å². The van der Waals surface area contributed by atoms with Gasteiger partial charge < -0.3 is 10.1 Å². The molecule has 1 aliphatic rings. The second-order valence-electron chi connectivity index (χ2n) is 2.64. The van der Waals surface area contributed by atoms with Crippen LogP contribution in [0.4, 0.5) is 0 Å². The SMILES string of the molecule is COC(=O)[C@@H]1CS(=O)(=O)CCN1.Cl. The summed E-state index contributed by atoms with van der Waals surface area (Å²) in [6, 6.07) is -0.686. The summed E-state index contributed by atoms with van der Waals surface area (Å²) in [7, 11) is -1.81. The maximum Gasteiger partial charge on any atom is 0.323 e. The third-order valence-electron chi connectivity index (χ3n) is 1.71. The van der Waals surface area contributed by atoms with Crippen LogP contribution in [0.15, 0.2) is 0 Å². The molecule has 5 nitrogen and oxygen atoms in total. The first-order valence-corrected chi connectivity index (χ1v) is 5.39. The van der Waals surface area contributed by atoms with Gasteiger partial charge in [0.1, 0.15) is 6.04 Å². The Morgan fingerprint density at radius 3 is 2.62 bits per heavy atom. The molecule has 1 aliphatic heterocycles. The Morgan fingerprint density at radius 2 is 2.15 bits per heavy atom. The first-order valence-electron chi connectivity index (χ1n) is 3.57. The largest absolute Gasteiger partial charge is 0.468 e. The third-order valence-corrected chi connectivity index (χ3v) is 3.38. The van der Waals surface area contributed by atoms with E-state index in [1.165, 1.54) is 7.11 Å². The zero-order chi connectivity index (χ0) is 9.19. The van der Waals surface area contributed by atoms with Crippen LogP contribution in [0.1, 0.15) is 0 Å². The molecule has 0 aromatic carbocycles. The summed E-state index contributed by atoms with van der Waals surface area (Å²) in [5.41, 5.74) is 0. The lowest BCUT2D eigenvalue weighted by molar-refractivity contribution is -0.142. The number of carbonyl (C=O) groups is 1. The monoisotopic (exact) mass is 229 g/mol. The summed E-state index contributed by atoms with van der Waals surface area (Å²) in [4.78, 5) is 10.9. The van der Waals surface area contributed by atoms with Gasteiger partial charge in [0.2, 0.25) is 0 Å². The van der Waals surface area contributed by atoms with Crippen molar-refractivity contribution in [2.75, 3.05) is 25.2 Å². The van der Waals surface area contributed by atoms with Crippen molar-refractivity contribution in [3.05, 3.63) is 0 Å². The zero-order valence-corrected chi connectivity index (χ0v) is 8.78. The molecule has 7 heteroatoms. The Labute approximate surface area is 83.2 Å². The van der Waals surface area contributed by atoms with Crippen molar-refractivity contribution in [3.8, 4) is 0 Å². The highest BCUT2D eigenvalue weighted by atomic mass is 35.5. The number of nitrogens with one attached hydrogen (secondary N) is 1. The molecule has 1 saturated heterocycles. The number of halogens is 1. The number of hydrogen-bond acceptors (Lipinski definition) is 5. The van der Waals surface area contributed by atoms with E-state index in [1.54, 1.807) is 0 Å². The van der Waals surface area contributed by atoms with Gasteiger partial charge in [0.25, 0.3) is 0 Å². The summed E-state index contributed by atoms with van der Waals surface area (Å²) in [5, 5.41) is 2.77. The second-order valence-corrected chi connectivity index (χ2v) is 4.87. The van der Waals surface area contributed by atoms with Crippen LogP contribution in [0.3, 0.4) is 0 Å². The van der Waals surface area contributed by atoms with Crippen LogP contribution in [-0.2, 0) is 19.4 Å². The van der Waals surface area contributed by atoms with Gasteiger partial charge in [-0.15, -0.1) is 12.4 Å². The van der Waals surface area contributed by atoms with Crippen LogP contribution in [0.5, 0.6) is 0 Å². The number of esters is 1. The molecular weight excluding hydrogens is 218 g/mol. The van der Waals surface area contributed by atoms with Crippen molar-refractivity contribution in [2.24, 2.45) is 0 Å². The predicted octanol–water partition coefficient (Wildman–Crippen LogP) is -1.03. The van der Waals surface area contributed by atoms with Crippen molar-refractivity contribution in [3.63, 3.8) is 0 Å². The normalized spacial score (nSPS) is 25.8. The summed E-state index contributed by atoms with van der Waals surface area (Å²) in [6.45, 7) is 0.322. The fraction of sp³-hybridized carbons (Fsp3) is 0.833. The molecule has 1 heterocycles. The van der Waals surface area contributed by atoms with E-state index in [4.69, 9.17) is 0 Å². The molecular formula is C6H12ClNO4S. The Balaban J connectivity index is 0.00000144. The standard InChI is InChI=1S/C6H11NO4S.ClH/c1-11-6(8)5-4-12(9,10)3-2-7-5;/h5,7H,2-4H2,1H3;1H/t5-;/m0./s1. The molecule has 0 unspecified atom stereocenters. The number of ether oxygens (including phenoxy) is 1. The first kappa shape index (κ1) is 12.7. The quantitative estimate of drug-likeness (QED) is 0.582. The molecule has 78 valence electrons. The van der Waals surface area contributed by atoms with Crippen molar-refractivity contribution in [2.45, 2.75) is 6.04 Å². The van der Waals surface area contributed by atoms with Crippen LogP contribution >= 0.6 is 12.4 Å². The lowest BCUT2D eigenvalue weighted by Crippen LogP contribution is -2.49. The molecule has 0 aromatic heterocycles. The topological polar surface area (TPSA) is 72.5 Å². The van der Waals surface area contributed by atoms with E-state index < -0.39 is 21.8 Å². The Hall–Kier alpha value is -0.330. The van der Waals surface area contributed by atoms with Crippen molar-refractivity contribution < 1.29 is 17.9 Å². The predicted molar refractivity (Wildman–Crippen MR) is 49.7 cm³/mol. The molecule has 1 fully saturated rings. The molecule has 1 N–H and O–H groups in total. The fourth-order valence-corrected chi connectivity index (χ4v) is 2.44. The molecule has 0 spiro atoms. The lowest BCUT2D eigenvalue weighted by atomic mass is 10.3. The second kappa shape index (κ2) is 4.78. The van der Waals surface area contributed by atoms with Crippen molar-refractivity contribution in [1.82, 2.24) is 5.32 Å². The number of methoxy groups -OCH3 is 1. The van der Waals surface area contributed by atoms with Gasteiger partial charge in [0.15, 0.2) is 9.84 Å². The first-order chi connectivity index (χ1) is 5.55. The van der Waals surface area contributed by atoms with Crippen LogP contribution in [-0.4, -0.2) is 45.6 Å². The highest BCUT2D eigenvalue weighted by Crippen LogP contribution is 2.02. The van der Waals surface area contributed by atoms with Gasteiger partial charge in [0.05, 0.1) is 18.6 Å². The van der Waals surface area contributed by atoms with Crippen LogP contribution in [0, 0.1) is 0 Å². The van der Waals surface area contributed by atoms with Gasteiger partial charge in [-0.3, -0.25) is 4.79 Å². The van der Waals surface area contributed by atoms with Gasteiger partial charge in [-0.25, -0.2) is 8.42 Å². The van der Waals surface area contributed by atoms with E-state index in [9.17, 15) is 13.2 Å². The van der Waals surface area contributed by atoms with Crippen molar-refractivity contribution in [1.29, 1.82) is 0 Å². The van der Waals surface area contributed by atoms with Crippen LogP contribution < -0.4 is 5.32 Å². The molecule has 0 radical (unpaired) electrons. The summed E-state index contributed by atoms with van der Waals surface area (Å²) < 4.78 is 26.5. The van der Waals surface area contributed by atoms with E-state index in [0.717, 1.165) is 0 Å². The van der Waals surface area contributed by atoms with Gasteiger partial charge in [-0.05, 0) is 0 Å². The minimum Gasteiger partial charge on any atom is -0.468 e. The minimum absolute atomic E-state index is 0. The maximum absolute atomic E-state index is 11.0. The number of sulfone groups is 1. The van der Waals surface area contributed by atoms with E-state index >= 15 is 0 Å². The van der Waals surface area contributed by atoms with E-state index in [0.29, 0.717) is 6.54 Å². The summed E-state index contributed by atoms with van der Waals surface area (Å²) in [6.07, 6.45) is 0. The molecule has 13 heavy (non-hydrogen) atoms. The lowest BCUT2D eigenvalue weighted by Gasteiger charge is -2.20. The molecule has 0 aliphatic carbocycles. The fourth-order valence-electron chi connectivity index (χ4n) is 1.08. The number of hydrogen-bond donors (Lipinski definition) is 1.